The van der Waals surface area contributed by atoms with E-state index in [4.69, 9.17) is 4.74 Å². The average molecular weight is 404 g/mol. The molecule has 2 aliphatic rings. The van der Waals surface area contributed by atoms with E-state index in [2.05, 4.69) is 10.6 Å². The molecule has 0 aromatic heterocycles. The van der Waals surface area contributed by atoms with E-state index in [9.17, 15) is 19.7 Å². The number of piperidine rings is 1. The molecule has 1 aromatic rings. The highest BCUT2D eigenvalue weighted by molar-refractivity contribution is 5.78. The topological polar surface area (TPSA) is 114 Å². The van der Waals surface area contributed by atoms with Crippen LogP contribution in [0.4, 0.5) is 10.5 Å². The number of nitrogens with zero attached hydrogens (tertiary/aromatic N) is 2. The van der Waals surface area contributed by atoms with Gasteiger partial charge in [0.25, 0.3) is 11.6 Å². The quantitative estimate of drug-likeness (QED) is 0.559. The summed E-state index contributed by atoms with van der Waals surface area (Å²) >= 11 is 0. The predicted octanol–water partition coefficient (Wildman–Crippen LogP) is 2.60. The molecule has 2 N–H and O–H groups in total. The van der Waals surface area contributed by atoms with Crippen LogP contribution in [-0.4, -0.2) is 53.5 Å². The first-order valence-corrected chi connectivity index (χ1v) is 10.2. The first-order chi connectivity index (χ1) is 14.0. The number of nitro groups is 1. The Hall–Kier alpha value is -2.84. The van der Waals surface area contributed by atoms with Gasteiger partial charge >= 0.3 is 6.03 Å². The lowest BCUT2D eigenvalue weighted by molar-refractivity contribution is -0.384. The van der Waals surface area contributed by atoms with Crippen LogP contribution in [0.3, 0.4) is 0 Å². The molecule has 1 saturated carbocycles. The van der Waals surface area contributed by atoms with Gasteiger partial charge in [0.1, 0.15) is 5.75 Å². The second-order valence-electron chi connectivity index (χ2n) is 7.65. The second-order valence-corrected chi connectivity index (χ2v) is 7.65. The molecular weight excluding hydrogens is 376 g/mol. The van der Waals surface area contributed by atoms with E-state index in [1.807, 2.05) is 0 Å². The Morgan fingerprint density at radius 3 is 2.17 bits per heavy atom. The number of benzene rings is 1. The zero-order chi connectivity index (χ0) is 20.6. The van der Waals surface area contributed by atoms with Gasteiger partial charge in [-0.15, -0.1) is 0 Å². The van der Waals surface area contributed by atoms with Gasteiger partial charge in [-0.25, -0.2) is 4.79 Å². The zero-order valence-corrected chi connectivity index (χ0v) is 16.5. The molecule has 1 aliphatic heterocycles. The smallest absolute Gasteiger partial charge is 0.315 e. The van der Waals surface area contributed by atoms with Crippen LogP contribution in [0.1, 0.15) is 44.9 Å². The highest BCUT2D eigenvalue weighted by Crippen LogP contribution is 2.19. The number of hydrogen-bond donors (Lipinski definition) is 2. The van der Waals surface area contributed by atoms with Crippen molar-refractivity contribution in [2.75, 3.05) is 19.7 Å². The fourth-order valence-electron chi connectivity index (χ4n) is 3.83. The Bertz CT molecular complexity index is 710. The SMILES string of the molecule is O=C(NC1CCCCC1)NC1CCN(C(=O)COc2ccc([N+](=O)[O-])cc2)CC1. The maximum absolute atomic E-state index is 12.3. The summed E-state index contributed by atoms with van der Waals surface area (Å²) in [4.78, 5) is 36.4. The fraction of sp³-hybridized carbons (Fsp3) is 0.600. The van der Waals surface area contributed by atoms with Gasteiger partial charge in [-0.2, -0.15) is 0 Å². The highest BCUT2D eigenvalue weighted by Gasteiger charge is 2.25. The third-order valence-electron chi connectivity index (χ3n) is 5.53. The van der Waals surface area contributed by atoms with Gasteiger partial charge in [-0.1, -0.05) is 19.3 Å². The molecule has 0 spiro atoms. The van der Waals surface area contributed by atoms with Crippen molar-refractivity contribution in [1.82, 2.24) is 15.5 Å². The van der Waals surface area contributed by atoms with E-state index in [0.717, 1.165) is 12.8 Å². The standard InChI is InChI=1S/C20H28N4O5/c25-19(14-29-18-8-6-17(7-9-18)24(27)28)23-12-10-16(11-13-23)22-20(26)21-15-4-2-1-3-5-15/h6-9,15-16H,1-5,10-14H2,(H2,21,22,26). The summed E-state index contributed by atoms with van der Waals surface area (Å²) in [5, 5.41) is 16.7. The van der Waals surface area contributed by atoms with Gasteiger partial charge in [0.2, 0.25) is 0 Å². The van der Waals surface area contributed by atoms with Crippen molar-refractivity contribution in [3.63, 3.8) is 0 Å². The first-order valence-electron chi connectivity index (χ1n) is 10.2. The summed E-state index contributed by atoms with van der Waals surface area (Å²) in [7, 11) is 0. The van der Waals surface area contributed by atoms with Crippen LogP contribution in [0.5, 0.6) is 5.75 Å². The maximum atomic E-state index is 12.3. The van der Waals surface area contributed by atoms with Crippen LogP contribution < -0.4 is 15.4 Å². The molecule has 1 saturated heterocycles. The third-order valence-corrected chi connectivity index (χ3v) is 5.53. The fourth-order valence-corrected chi connectivity index (χ4v) is 3.83. The van der Waals surface area contributed by atoms with Crippen molar-refractivity contribution >= 4 is 17.6 Å². The molecule has 2 fully saturated rings. The molecule has 1 heterocycles. The molecule has 0 atom stereocenters. The number of carbonyl (C=O) groups excluding carboxylic acids is 2. The van der Waals surface area contributed by atoms with Crippen molar-refractivity contribution in [3.05, 3.63) is 34.4 Å². The molecule has 3 amide bonds. The Balaban J connectivity index is 1.35. The van der Waals surface area contributed by atoms with E-state index in [1.54, 1.807) is 4.90 Å². The molecule has 29 heavy (non-hydrogen) atoms. The molecule has 3 rings (SSSR count). The lowest BCUT2D eigenvalue weighted by Crippen LogP contribution is -2.51. The number of likely N-dealkylation sites (tertiary alicyclic amines) is 1. The summed E-state index contributed by atoms with van der Waals surface area (Å²) in [6, 6.07) is 5.88. The molecule has 9 nitrogen and oxygen atoms in total. The van der Waals surface area contributed by atoms with E-state index in [-0.39, 0.29) is 36.3 Å². The zero-order valence-electron chi connectivity index (χ0n) is 16.5. The average Bonchev–Trinajstić information content (AvgIpc) is 2.73. The minimum atomic E-state index is -0.484. The molecule has 158 valence electrons. The summed E-state index contributed by atoms with van der Waals surface area (Å²) in [6.45, 7) is 1.02. The van der Waals surface area contributed by atoms with Gasteiger partial charge in [-0.3, -0.25) is 14.9 Å². The number of nitro benzene ring substituents is 1. The summed E-state index contributed by atoms with van der Waals surface area (Å²) < 4.78 is 5.44. The van der Waals surface area contributed by atoms with Gasteiger partial charge in [0, 0.05) is 37.3 Å². The number of non-ortho nitro benzene ring substituents is 1. The molecule has 0 radical (unpaired) electrons. The van der Waals surface area contributed by atoms with Gasteiger partial charge in [-0.05, 0) is 37.8 Å². The molecule has 0 bridgehead atoms. The van der Waals surface area contributed by atoms with Crippen LogP contribution in [-0.2, 0) is 4.79 Å². The number of carbonyl (C=O) groups is 2. The minimum Gasteiger partial charge on any atom is -0.484 e. The first kappa shape index (κ1) is 20.9. The van der Waals surface area contributed by atoms with E-state index in [1.165, 1.54) is 43.5 Å². The Kier molecular flexibility index (Phi) is 7.26. The number of nitrogens with one attached hydrogen (secondary N) is 2. The van der Waals surface area contributed by atoms with Gasteiger partial charge in [0.05, 0.1) is 4.92 Å². The van der Waals surface area contributed by atoms with Gasteiger partial charge < -0.3 is 20.3 Å². The van der Waals surface area contributed by atoms with E-state index < -0.39 is 4.92 Å². The molecule has 1 aromatic carbocycles. The summed E-state index contributed by atoms with van der Waals surface area (Å²) in [5.41, 5.74) is -0.0224. The Morgan fingerprint density at radius 2 is 1.59 bits per heavy atom. The van der Waals surface area contributed by atoms with E-state index in [0.29, 0.717) is 31.7 Å². The lowest BCUT2D eigenvalue weighted by atomic mass is 9.96. The predicted molar refractivity (Wildman–Crippen MR) is 107 cm³/mol. The second kappa shape index (κ2) is 10.1. The van der Waals surface area contributed by atoms with Crippen molar-refractivity contribution in [2.45, 2.75) is 57.0 Å². The Labute approximate surface area is 169 Å². The number of amides is 3. The maximum Gasteiger partial charge on any atom is 0.315 e. The van der Waals surface area contributed by atoms with Gasteiger partial charge in [0.15, 0.2) is 6.61 Å². The molecule has 0 unspecified atom stereocenters. The number of ether oxygens (including phenoxy) is 1. The normalized spacial score (nSPS) is 18.1. The Morgan fingerprint density at radius 1 is 1.00 bits per heavy atom. The van der Waals surface area contributed by atoms with Crippen LogP contribution in [0.25, 0.3) is 0 Å². The molecule has 9 heteroatoms. The monoisotopic (exact) mass is 404 g/mol. The van der Waals surface area contributed by atoms with Crippen LogP contribution >= 0.6 is 0 Å². The lowest BCUT2D eigenvalue weighted by Gasteiger charge is -2.33. The summed E-state index contributed by atoms with van der Waals surface area (Å²) in [5.74, 6) is 0.286. The number of hydrogen-bond acceptors (Lipinski definition) is 5. The van der Waals surface area contributed by atoms with Crippen molar-refractivity contribution in [1.29, 1.82) is 0 Å². The number of rotatable bonds is 6. The molecular formula is C20H28N4O5. The van der Waals surface area contributed by atoms with Crippen molar-refractivity contribution in [2.24, 2.45) is 0 Å². The van der Waals surface area contributed by atoms with Crippen LogP contribution in [0.15, 0.2) is 24.3 Å². The van der Waals surface area contributed by atoms with Crippen LogP contribution in [0.2, 0.25) is 0 Å². The largest absolute Gasteiger partial charge is 0.484 e. The summed E-state index contributed by atoms with van der Waals surface area (Å²) in [6.07, 6.45) is 7.12. The minimum absolute atomic E-state index is 0.0224. The van der Waals surface area contributed by atoms with Crippen molar-refractivity contribution < 1.29 is 19.2 Å². The van der Waals surface area contributed by atoms with Crippen LogP contribution in [0, 0.1) is 10.1 Å². The third kappa shape index (κ3) is 6.33. The molecule has 1 aliphatic carbocycles. The highest BCUT2D eigenvalue weighted by atomic mass is 16.6. The number of urea groups is 1. The van der Waals surface area contributed by atoms with Crippen molar-refractivity contribution in [3.8, 4) is 5.75 Å². The van der Waals surface area contributed by atoms with E-state index >= 15 is 0 Å².